The molecule has 0 heterocycles. The second kappa shape index (κ2) is 13.2. The first-order chi connectivity index (χ1) is 7.41. The molecule has 4 heteroatoms. The Bertz CT molecular complexity index is 161. The number of hydrogen-bond donors (Lipinski definition) is 2. The van der Waals surface area contributed by atoms with Crippen molar-refractivity contribution in [1.29, 1.82) is 0 Å². The average molecular weight is 214 g/mol. The maximum Gasteiger partial charge on any atom is 0.111 e. The van der Waals surface area contributed by atoms with Gasteiger partial charge in [0.2, 0.25) is 0 Å². The second-order valence-electron chi connectivity index (χ2n) is 2.90. The van der Waals surface area contributed by atoms with Gasteiger partial charge >= 0.3 is 0 Å². The Kier molecular flexibility index (Phi) is 12.4. The second-order valence-corrected chi connectivity index (χ2v) is 2.90. The van der Waals surface area contributed by atoms with Crippen LogP contribution in [0, 0.1) is 0 Å². The molecule has 0 aliphatic rings. The van der Waals surface area contributed by atoms with E-state index in [4.69, 9.17) is 9.47 Å². The summed E-state index contributed by atoms with van der Waals surface area (Å²) in [6.45, 7) is 8.29. The van der Waals surface area contributed by atoms with E-state index >= 15 is 0 Å². The zero-order valence-corrected chi connectivity index (χ0v) is 9.50. The number of allylic oxidation sites excluding steroid dienone is 2. The number of likely N-dealkylation sites (N-methyl/N-ethyl adjacent to an activating group) is 1. The van der Waals surface area contributed by atoms with E-state index in [1.807, 2.05) is 7.05 Å². The van der Waals surface area contributed by atoms with Crippen molar-refractivity contribution < 1.29 is 9.47 Å². The Labute approximate surface area is 92.3 Å². The Balaban J connectivity index is 2.92. The number of ether oxygens (including phenoxy) is 2. The molecule has 0 amide bonds. The first-order valence-electron chi connectivity index (χ1n) is 5.24. The smallest absolute Gasteiger partial charge is 0.111 e. The highest BCUT2D eigenvalue weighted by atomic mass is 16.5. The molecule has 0 fully saturated rings. The Morgan fingerprint density at radius 1 is 1.13 bits per heavy atom. The van der Waals surface area contributed by atoms with Gasteiger partial charge in [0, 0.05) is 19.6 Å². The van der Waals surface area contributed by atoms with Crippen LogP contribution in [0.3, 0.4) is 0 Å². The molecular weight excluding hydrogens is 192 g/mol. The largest absolute Gasteiger partial charge is 0.499 e. The van der Waals surface area contributed by atoms with Crippen molar-refractivity contribution in [2.24, 2.45) is 0 Å². The first-order valence-corrected chi connectivity index (χ1v) is 5.24. The van der Waals surface area contributed by atoms with Crippen LogP contribution in [0.2, 0.25) is 0 Å². The predicted molar refractivity (Wildman–Crippen MR) is 62.9 cm³/mol. The standard InChI is InChI=1S/C11H22N2O2/c1-3-4-8-14-10-11-15-9-7-13-6-5-12-2/h3-4,8,12-13H,1,5-7,9-11H2,2H3/b8-4+. The minimum Gasteiger partial charge on any atom is -0.499 e. The van der Waals surface area contributed by atoms with Crippen LogP contribution in [-0.2, 0) is 9.47 Å². The first kappa shape index (κ1) is 14.2. The molecule has 0 bridgehead atoms. The lowest BCUT2D eigenvalue weighted by Crippen LogP contribution is -2.28. The SMILES string of the molecule is C=C/C=C/OCCOCCNCCNC. The third-order valence-electron chi connectivity index (χ3n) is 1.63. The fourth-order valence-corrected chi connectivity index (χ4v) is 0.871. The van der Waals surface area contributed by atoms with Gasteiger partial charge in [-0.3, -0.25) is 0 Å². The van der Waals surface area contributed by atoms with Gasteiger partial charge in [-0.25, -0.2) is 0 Å². The molecule has 15 heavy (non-hydrogen) atoms. The molecular formula is C11H22N2O2. The maximum absolute atomic E-state index is 5.33. The van der Waals surface area contributed by atoms with Crippen LogP contribution >= 0.6 is 0 Å². The van der Waals surface area contributed by atoms with Gasteiger partial charge in [0.05, 0.1) is 19.5 Å². The fraction of sp³-hybridized carbons (Fsp3) is 0.636. The molecule has 0 aliphatic heterocycles. The summed E-state index contributed by atoms with van der Waals surface area (Å²) in [4.78, 5) is 0. The highest BCUT2D eigenvalue weighted by molar-refractivity contribution is 4.92. The normalized spacial score (nSPS) is 10.7. The van der Waals surface area contributed by atoms with Gasteiger partial charge in [-0.05, 0) is 13.1 Å². The minimum absolute atomic E-state index is 0.584. The van der Waals surface area contributed by atoms with Gasteiger partial charge in [0.25, 0.3) is 0 Å². The molecule has 0 aliphatic carbocycles. The van der Waals surface area contributed by atoms with Gasteiger partial charge in [0.15, 0.2) is 0 Å². The number of rotatable bonds is 11. The molecule has 0 rings (SSSR count). The van der Waals surface area contributed by atoms with E-state index in [9.17, 15) is 0 Å². The highest BCUT2D eigenvalue weighted by Crippen LogP contribution is 1.80. The van der Waals surface area contributed by atoms with Crippen LogP contribution < -0.4 is 10.6 Å². The Morgan fingerprint density at radius 3 is 2.73 bits per heavy atom. The quantitative estimate of drug-likeness (QED) is 0.299. The van der Waals surface area contributed by atoms with Crippen LogP contribution in [0.25, 0.3) is 0 Å². The summed E-state index contributed by atoms with van der Waals surface area (Å²) in [7, 11) is 1.94. The van der Waals surface area contributed by atoms with E-state index in [1.54, 1.807) is 18.4 Å². The van der Waals surface area contributed by atoms with E-state index in [0.29, 0.717) is 13.2 Å². The van der Waals surface area contributed by atoms with Crippen molar-refractivity contribution in [2.75, 3.05) is 46.5 Å². The molecule has 88 valence electrons. The molecule has 0 aromatic rings. The van der Waals surface area contributed by atoms with E-state index in [1.165, 1.54) is 0 Å². The van der Waals surface area contributed by atoms with Crippen molar-refractivity contribution in [1.82, 2.24) is 10.6 Å². The van der Waals surface area contributed by atoms with Gasteiger partial charge in [-0.15, -0.1) is 0 Å². The summed E-state index contributed by atoms with van der Waals surface area (Å²) in [5.74, 6) is 0. The molecule has 0 atom stereocenters. The van der Waals surface area contributed by atoms with Crippen molar-refractivity contribution in [3.05, 3.63) is 25.0 Å². The molecule has 2 N–H and O–H groups in total. The summed E-state index contributed by atoms with van der Waals surface area (Å²) in [6, 6.07) is 0. The van der Waals surface area contributed by atoms with Gasteiger partial charge < -0.3 is 20.1 Å². The fourth-order valence-electron chi connectivity index (χ4n) is 0.871. The molecule has 0 spiro atoms. The molecule has 0 saturated carbocycles. The summed E-state index contributed by atoms with van der Waals surface area (Å²) < 4.78 is 10.4. The zero-order valence-electron chi connectivity index (χ0n) is 9.50. The van der Waals surface area contributed by atoms with Crippen molar-refractivity contribution in [3.8, 4) is 0 Å². The Morgan fingerprint density at radius 2 is 2.00 bits per heavy atom. The Hall–Kier alpha value is -0.840. The lowest BCUT2D eigenvalue weighted by molar-refractivity contribution is 0.0865. The van der Waals surface area contributed by atoms with Crippen LogP contribution in [0.1, 0.15) is 0 Å². The number of nitrogens with one attached hydrogen (secondary N) is 2. The topological polar surface area (TPSA) is 42.5 Å². The van der Waals surface area contributed by atoms with Crippen LogP contribution in [0.4, 0.5) is 0 Å². The molecule has 4 nitrogen and oxygen atoms in total. The van der Waals surface area contributed by atoms with E-state index in [0.717, 1.165) is 26.2 Å². The summed E-state index contributed by atoms with van der Waals surface area (Å²) in [5.41, 5.74) is 0. The third-order valence-corrected chi connectivity index (χ3v) is 1.63. The summed E-state index contributed by atoms with van der Waals surface area (Å²) >= 11 is 0. The molecule has 0 saturated heterocycles. The zero-order chi connectivity index (χ0) is 11.2. The third kappa shape index (κ3) is 13.2. The summed E-state index contributed by atoms with van der Waals surface area (Å²) in [6.07, 6.45) is 5.04. The average Bonchev–Trinajstić information content (AvgIpc) is 2.26. The lowest BCUT2D eigenvalue weighted by Gasteiger charge is -2.05. The monoisotopic (exact) mass is 214 g/mol. The van der Waals surface area contributed by atoms with Crippen LogP contribution in [-0.4, -0.2) is 46.5 Å². The van der Waals surface area contributed by atoms with Crippen molar-refractivity contribution in [3.63, 3.8) is 0 Å². The molecule has 0 radical (unpaired) electrons. The molecule has 0 aromatic carbocycles. The number of hydrogen-bond acceptors (Lipinski definition) is 4. The van der Waals surface area contributed by atoms with Gasteiger partial charge in [-0.1, -0.05) is 12.7 Å². The lowest BCUT2D eigenvalue weighted by atomic mass is 10.6. The highest BCUT2D eigenvalue weighted by Gasteiger charge is 1.88. The summed E-state index contributed by atoms with van der Waals surface area (Å²) in [5, 5.41) is 6.30. The van der Waals surface area contributed by atoms with Crippen molar-refractivity contribution >= 4 is 0 Å². The predicted octanol–water partition coefficient (Wildman–Crippen LogP) is 0.528. The minimum atomic E-state index is 0.584. The molecule has 0 aromatic heterocycles. The van der Waals surface area contributed by atoms with Gasteiger partial charge in [0.1, 0.15) is 6.61 Å². The van der Waals surface area contributed by atoms with Crippen molar-refractivity contribution in [2.45, 2.75) is 0 Å². The van der Waals surface area contributed by atoms with Gasteiger partial charge in [-0.2, -0.15) is 0 Å². The van der Waals surface area contributed by atoms with E-state index in [-0.39, 0.29) is 0 Å². The van der Waals surface area contributed by atoms with E-state index in [2.05, 4.69) is 17.2 Å². The maximum atomic E-state index is 5.33. The molecule has 0 unspecified atom stereocenters. The van der Waals surface area contributed by atoms with Crippen LogP contribution in [0.5, 0.6) is 0 Å². The van der Waals surface area contributed by atoms with E-state index < -0.39 is 0 Å². The van der Waals surface area contributed by atoms with Crippen LogP contribution in [0.15, 0.2) is 25.0 Å².